The van der Waals surface area contributed by atoms with Crippen molar-refractivity contribution < 1.29 is 9.47 Å². The van der Waals surface area contributed by atoms with E-state index in [1.807, 2.05) is 12.1 Å². The van der Waals surface area contributed by atoms with E-state index in [1.54, 1.807) is 0 Å². The summed E-state index contributed by atoms with van der Waals surface area (Å²) in [5.74, 6) is 0.964. The fraction of sp³-hybridized carbons (Fsp3) is 0.571. The molecular weight excluding hydrogens is 214 g/mol. The zero-order valence-electron chi connectivity index (χ0n) is 10.7. The molecule has 17 heavy (non-hydrogen) atoms. The summed E-state index contributed by atoms with van der Waals surface area (Å²) in [6.07, 6.45) is 0.350. The van der Waals surface area contributed by atoms with Crippen molar-refractivity contribution in [1.82, 2.24) is 4.90 Å². The molecule has 1 atom stereocenters. The third-order valence-corrected chi connectivity index (χ3v) is 2.99. The van der Waals surface area contributed by atoms with Crippen molar-refractivity contribution in [1.29, 1.82) is 0 Å². The minimum absolute atomic E-state index is 0.350. The summed E-state index contributed by atoms with van der Waals surface area (Å²) in [5.41, 5.74) is 1.24. The Labute approximate surface area is 103 Å². The maximum Gasteiger partial charge on any atom is 0.119 e. The summed E-state index contributed by atoms with van der Waals surface area (Å²) >= 11 is 0. The summed E-state index contributed by atoms with van der Waals surface area (Å²) in [7, 11) is 0. The first-order valence-corrected chi connectivity index (χ1v) is 6.27. The zero-order chi connectivity index (χ0) is 12.1. The molecule has 0 aromatic heterocycles. The highest BCUT2D eigenvalue weighted by Gasteiger charge is 2.15. The Hall–Kier alpha value is -1.06. The largest absolute Gasteiger partial charge is 0.492 e. The quantitative estimate of drug-likeness (QED) is 0.797. The third kappa shape index (κ3) is 4.02. The lowest BCUT2D eigenvalue weighted by Gasteiger charge is -2.30. The number of aryl methyl sites for hydroxylation is 1. The molecule has 94 valence electrons. The topological polar surface area (TPSA) is 21.7 Å². The predicted octanol–water partition coefficient (Wildman–Crippen LogP) is 2.09. The van der Waals surface area contributed by atoms with Crippen LogP contribution in [0.3, 0.4) is 0 Å². The number of nitrogens with zero attached hydrogens (tertiary/aromatic N) is 1. The molecule has 1 aliphatic heterocycles. The van der Waals surface area contributed by atoms with Gasteiger partial charge in [-0.2, -0.15) is 0 Å². The molecule has 0 aliphatic carbocycles. The van der Waals surface area contributed by atoms with E-state index in [0.717, 1.165) is 38.6 Å². The van der Waals surface area contributed by atoms with Crippen LogP contribution in [0.25, 0.3) is 0 Å². The molecule has 0 bridgehead atoms. The zero-order valence-corrected chi connectivity index (χ0v) is 10.7. The van der Waals surface area contributed by atoms with E-state index in [4.69, 9.17) is 9.47 Å². The smallest absolute Gasteiger partial charge is 0.119 e. The van der Waals surface area contributed by atoms with Gasteiger partial charge in [0, 0.05) is 19.6 Å². The summed E-state index contributed by atoms with van der Waals surface area (Å²) in [6, 6.07) is 8.19. The maximum absolute atomic E-state index is 5.74. The highest BCUT2D eigenvalue weighted by molar-refractivity contribution is 5.27. The molecule has 1 heterocycles. The van der Waals surface area contributed by atoms with Crippen LogP contribution >= 0.6 is 0 Å². The predicted molar refractivity (Wildman–Crippen MR) is 68.5 cm³/mol. The van der Waals surface area contributed by atoms with Gasteiger partial charge in [-0.1, -0.05) is 12.1 Å². The lowest BCUT2D eigenvalue weighted by atomic mass is 10.2. The van der Waals surface area contributed by atoms with E-state index in [0.29, 0.717) is 6.10 Å². The fourth-order valence-corrected chi connectivity index (χ4v) is 2.09. The average Bonchev–Trinajstić information content (AvgIpc) is 2.29. The van der Waals surface area contributed by atoms with Crippen LogP contribution in [0.15, 0.2) is 24.3 Å². The standard InChI is InChI=1S/C14H21NO2/c1-12-4-3-5-14(10-12)17-9-7-15-6-8-16-13(2)11-15/h3-5,10,13H,6-9,11H2,1-2H3. The van der Waals surface area contributed by atoms with Crippen LogP contribution in [-0.2, 0) is 4.74 Å². The number of hydrogen-bond acceptors (Lipinski definition) is 3. The summed E-state index contributed by atoms with van der Waals surface area (Å²) in [4.78, 5) is 2.39. The molecule has 1 aliphatic rings. The highest BCUT2D eigenvalue weighted by Crippen LogP contribution is 2.12. The first-order chi connectivity index (χ1) is 8.24. The van der Waals surface area contributed by atoms with Gasteiger partial charge in [0.25, 0.3) is 0 Å². The number of rotatable bonds is 4. The van der Waals surface area contributed by atoms with Crippen molar-refractivity contribution in [3.63, 3.8) is 0 Å². The van der Waals surface area contributed by atoms with E-state index < -0.39 is 0 Å². The molecule has 1 aromatic rings. The Morgan fingerprint density at radius 1 is 1.47 bits per heavy atom. The Morgan fingerprint density at radius 3 is 3.12 bits per heavy atom. The number of hydrogen-bond donors (Lipinski definition) is 0. The van der Waals surface area contributed by atoms with Gasteiger partial charge in [-0.3, -0.25) is 4.90 Å². The number of benzene rings is 1. The molecule has 3 heteroatoms. The Morgan fingerprint density at radius 2 is 2.35 bits per heavy atom. The molecule has 1 fully saturated rings. The summed E-state index contributed by atoms with van der Waals surface area (Å²) < 4.78 is 11.2. The Kier molecular flexibility index (Phi) is 4.40. The van der Waals surface area contributed by atoms with Crippen molar-refractivity contribution in [3.8, 4) is 5.75 Å². The minimum atomic E-state index is 0.350. The monoisotopic (exact) mass is 235 g/mol. The van der Waals surface area contributed by atoms with E-state index in [9.17, 15) is 0 Å². The van der Waals surface area contributed by atoms with Crippen molar-refractivity contribution in [2.75, 3.05) is 32.8 Å². The van der Waals surface area contributed by atoms with Crippen molar-refractivity contribution in [2.24, 2.45) is 0 Å². The minimum Gasteiger partial charge on any atom is -0.492 e. The first kappa shape index (κ1) is 12.4. The first-order valence-electron chi connectivity index (χ1n) is 6.27. The number of morpholine rings is 1. The van der Waals surface area contributed by atoms with Gasteiger partial charge in [0.1, 0.15) is 12.4 Å². The molecule has 1 saturated heterocycles. The van der Waals surface area contributed by atoms with E-state index in [-0.39, 0.29) is 0 Å². The number of ether oxygens (including phenoxy) is 2. The van der Waals surface area contributed by atoms with Crippen LogP contribution in [0.2, 0.25) is 0 Å². The van der Waals surface area contributed by atoms with Crippen LogP contribution < -0.4 is 4.74 Å². The Balaban J connectivity index is 1.72. The van der Waals surface area contributed by atoms with Gasteiger partial charge in [0.05, 0.1) is 12.7 Å². The van der Waals surface area contributed by atoms with Gasteiger partial charge in [0.15, 0.2) is 0 Å². The van der Waals surface area contributed by atoms with Crippen molar-refractivity contribution in [2.45, 2.75) is 20.0 Å². The average molecular weight is 235 g/mol. The van der Waals surface area contributed by atoms with Crippen LogP contribution in [-0.4, -0.2) is 43.9 Å². The summed E-state index contributed by atoms with van der Waals surface area (Å²) in [5, 5.41) is 0. The van der Waals surface area contributed by atoms with Gasteiger partial charge in [-0.05, 0) is 31.5 Å². The second-order valence-corrected chi connectivity index (χ2v) is 4.65. The van der Waals surface area contributed by atoms with Gasteiger partial charge >= 0.3 is 0 Å². The molecule has 0 amide bonds. The second-order valence-electron chi connectivity index (χ2n) is 4.65. The van der Waals surface area contributed by atoms with Crippen molar-refractivity contribution in [3.05, 3.63) is 29.8 Å². The maximum atomic E-state index is 5.74. The third-order valence-electron chi connectivity index (χ3n) is 2.99. The van der Waals surface area contributed by atoms with Crippen LogP contribution in [0, 0.1) is 6.92 Å². The van der Waals surface area contributed by atoms with Gasteiger partial charge < -0.3 is 9.47 Å². The molecule has 3 nitrogen and oxygen atoms in total. The molecule has 0 N–H and O–H groups in total. The van der Waals surface area contributed by atoms with Crippen LogP contribution in [0.4, 0.5) is 0 Å². The molecule has 0 spiro atoms. The van der Waals surface area contributed by atoms with Gasteiger partial charge in [-0.25, -0.2) is 0 Å². The van der Waals surface area contributed by atoms with Crippen LogP contribution in [0.1, 0.15) is 12.5 Å². The molecular formula is C14H21NO2. The molecule has 1 aromatic carbocycles. The van der Waals surface area contributed by atoms with E-state index in [2.05, 4.69) is 30.9 Å². The summed E-state index contributed by atoms with van der Waals surface area (Å²) in [6.45, 7) is 8.78. The Bertz CT molecular complexity index is 354. The molecule has 0 radical (unpaired) electrons. The van der Waals surface area contributed by atoms with Gasteiger partial charge in [0.2, 0.25) is 0 Å². The van der Waals surface area contributed by atoms with Crippen molar-refractivity contribution >= 4 is 0 Å². The lowest BCUT2D eigenvalue weighted by Crippen LogP contribution is -2.42. The van der Waals surface area contributed by atoms with E-state index >= 15 is 0 Å². The highest BCUT2D eigenvalue weighted by atomic mass is 16.5. The normalized spacial score (nSPS) is 21.4. The molecule has 1 unspecified atom stereocenters. The SMILES string of the molecule is Cc1cccc(OCCN2CCOC(C)C2)c1. The van der Waals surface area contributed by atoms with E-state index in [1.165, 1.54) is 5.56 Å². The second kappa shape index (κ2) is 6.03. The molecule has 2 rings (SSSR count). The fourth-order valence-electron chi connectivity index (χ4n) is 2.09. The van der Waals surface area contributed by atoms with Crippen LogP contribution in [0.5, 0.6) is 5.75 Å². The lowest BCUT2D eigenvalue weighted by molar-refractivity contribution is -0.0214. The van der Waals surface area contributed by atoms with Gasteiger partial charge in [-0.15, -0.1) is 0 Å². The molecule has 0 saturated carbocycles.